The van der Waals surface area contributed by atoms with Crippen LogP contribution in [0.4, 0.5) is 5.69 Å². The van der Waals surface area contributed by atoms with Crippen LogP contribution >= 0.6 is 11.6 Å². The van der Waals surface area contributed by atoms with Crippen molar-refractivity contribution < 1.29 is 18.7 Å². The monoisotopic (exact) mass is 371 g/mol. The maximum atomic E-state index is 12.3. The maximum Gasteiger partial charge on any atom is 0.291 e. The van der Waals surface area contributed by atoms with Crippen molar-refractivity contribution in [2.24, 2.45) is 0 Å². The quantitative estimate of drug-likeness (QED) is 0.656. The molecule has 2 aromatic carbocycles. The van der Waals surface area contributed by atoms with Gasteiger partial charge in [-0.2, -0.15) is 0 Å². The molecule has 0 spiro atoms. The third kappa shape index (κ3) is 4.37. The molecule has 0 saturated heterocycles. The molecule has 0 unspecified atom stereocenters. The van der Waals surface area contributed by atoms with Gasteiger partial charge in [0, 0.05) is 10.7 Å². The van der Waals surface area contributed by atoms with Gasteiger partial charge in [-0.25, -0.2) is 0 Å². The van der Waals surface area contributed by atoms with Crippen LogP contribution in [0.2, 0.25) is 5.02 Å². The summed E-state index contributed by atoms with van der Waals surface area (Å²) in [7, 11) is 1.61. The van der Waals surface area contributed by atoms with Gasteiger partial charge in [0.1, 0.15) is 23.9 Å². The number of halogens is 1. The van der Waals surface area contributed by atoms with Crippen LogP contribution in [0.5, 0.6) is 11.5 Å². The highest BCUT2D eigenvalue weighted by molar-refractivity contribution is 6.31. The zero-order valence-electron chi connectivity index (χ0n) is 14.4. The molecule has 1 amide bonds. The van der Waals surface area contributed by atoms with Gasteiger partial charge < -0.3 is 19.2 Å². The lowest BCUT2D eigenvalue weighted by molar-refractivity contribution is 0.0992. The molecular weight excluding hydrogens is 354 g/mol. The van der Waals surface area contributed by atoms with E-state index < -0.39 is 0 Å². The van der Waals surface area contributed by atoms with E-state index in [0.29, 0.717) is 22.2 Å². The molecule has 0 aliphatic carbocycles. The van der Waals surface area contributed by atoms with Gasteiger partial charge in [0.05, 0.1) is 7.11 Å². The van der Waals surface area contributed by atoms with E-state index in [1.165, 1.54) is 0 Å². The van der Waals surface area contributed by atoms with Gasteiger partial charge in [-0.3, -0.25) is 4.79 Å². The Kier molecular flexibility index (Phi) is 5.49. The molecular formula is C20H18ClNO4. The van der Waals surface area contributed by atoms with Crippen molar-refractivity contribution in [3.63, 3.8) is 0 Å². The second-order valence-corrected chi connectivity index (χ2v) is 6.08. The van der Waals surface area contributed by atoms with Crippen molar-refractivity contribution >= 4 is 23.2 Å². The Morgan fingerprint density at radius 2 is 1.81 bits per heavy atom. The average molecular weight is 372 g/mol. The van der Waals surface area contributed by atoms with Crippen LogP contribution in [0.1, 0.15) is 21.9 Å². The number of hydrogen-bond donors (Lipinski definition) is 1. The largest absolute Gasteiger partial charge is 0.497 e. The molecule has 0 radical (unpaired) electrons. The topological polar surface area (TPSA) is 60.7 Å². The normalized spacial score (nSPS) is 10.4. The molecule has 1 heterocycles. The van der Waals surface area contributed by atoms with Crippen LogP contribution < -0.4 is 14.8 Å². The smallest absolute Gasteiger partial charge is 0.291 e. The number of benzene rings is 2. The fraction of sp³-hybridized carbons (Fsp3) is 0.150. The first-order valence-corrected chi connectivity index (χ1v) is 8.36. The Morgan fingerprint density at radius 3 is 2.54 bits per heavy atom. The SMILES string of the molecule is COc1ccc(OCc2ccc(C(=O)Nc3cc(Cl)ccc3C)o2)cc1. The standard InChI is InChI=1S/C20H18ClNO4/c1-13-3-4-14(21)11-18(13)22-20(23)19-10-9-17(26-19)12-25-16-7-5-15(24-2)6-8-16/h3-11H,12H2,1-2H3,(H,22,23). The highest BCUT2D eigenvalue weighted by atomic mass is 35.5. The number of carbonyl (C=O) groups is 1. The molecule has 134 valence electrons. The first-order valence-electron chi connectivity index (χ1n) is 7.98. The predicted octanol–water partition coefficient (Wildman–Crippen LogP) is 5.08. The minimum Gasteiger partial charge on any atom is -0.497 e. The van der Waals surface area contributed by atoms with E-state index in [0.717, 1.165) is 11.3 Å². The summed E-state index contributed by atoms with van der Waals surface area (Å²) in [6, 6.07) is 15.9. The average Bonchev–Trinajstić information content (AvgIpc) is 3.12. The highest BCUT2D eigenvalue weighted by Gasteiger charge is 2.13. The van der Waals surface area contributed by atoms with Crippen LogP contribution in [-0.2, 0) is 6.61 Å². The van der Waals surface area contributed by atoms with Crippen molar-refractivity contribution in [1.29, 1.82) is 0 Å². The zero-order chi connectivity index (χ0) is 18.5. The number of rotatable bonds is 6. The first kappa shape index (κ1) is 17.9. The van der Waals surface area contributed by atoms with Gasteiger partial charge >= 0.3 is 0 Å². The molecule has 0 aliphatic rings. The summed E-state index contributed by atoms with van der Waals surface area (Å²) in [6.45, 7) is 2.11. The number of anilines is 1. The van der Waals surface area contributed by atoms with Crippen LogP contribution in [-0.4, -0.2) is 13.0 Å². The number of nitrogens with one attached hydrogen (secondary N) is 1. The Balaban J connectivity index is 1.61. The van der Waals surface area contributed by atoms with Gasteiger partial charge in [0.2, 0.25) is 0 Å². The second-order valence-electron chi connectivity index (χ2n) is 5.64. The summed E-state index contributed by atoms with van der Waals surface area (Å²) in [5.74, 6) is 1.85. The summed E-state index contributed by atoms with van der Waals surface area (Å²) in [6.07, 6.45) is 0. The number of carbonyl (C=O) groups excluding carboxylic acids is 1. The van der Waals surface area contributed by atoms with E-state index in [4.69, 9.17) is 25.5 Å². The predicted molar refractivity (Wildman–Crippen MR) is 100 cm³/mol. The number of methoxy groups -OCH3 is 1. The fourth-order valence-electron chi connectivity index (χ4n) is 2.32. The van der Waals surface area contributed by atoms with Gasteiger partial charge in [-0.1, -0.05) is 17.7 Å². The van der Waals surface area contributed by atoms with E-state index in [1.807, 2.05) is 25.1 Å². The third-order valence-corrected chi connectivity index (χ3v) is 4.01. The van der Waals surface area contributed by atoms with Crippen molar-refractivity contribution in [3.05, 3.63) is 76.7 Å². The summed E-state index contributed by atoms with van der Waals surface area (Å²) in [5, 5.41) is 3.35. The molecule has 26 heavy (non-hydrogen) atoms. The summed E-state index contributed by atoms with van der Waals surface area (Å²) in [5.41, 5.74) is 1.56. The molecule has 0 atom stereocenters. The van der Waals surface area contributed by atoms with E-state index in [-0.39, 0.29) is 18.3 Å². The Morgan fingerprint density at radius 1 is 1.08 bits per heavy atom. The van der Waals surface area contributed by atoms with E-state index in [1.54, 1.807) is 43.5 Å². The maximum absolute atomic E-state index is 12.3. The highest BCUT2D eigenvalue weighted by Crippen LogP contribution is 2.22. The summed E-state index contributed by atoms with van der Waals surface area (Å²) in [4.78, 5) is 12.3. The first-order chi connectivity index (χ1) is 12.5. The third-order valence-electron chi connectivity index (χ3n) is 3.77. The van der Waals surface area contributed by atoms with Crippen molar-refractivity contribution in [3.8, 4) is 11.5 Å². The Hall–Kier alpha value is -2.92. The fourth-order valence-corrected chi connectivity index (χ4v) is 2.49. The number of furan rings is 1. The number of aryl methyl sites for hydroxylation is 1. The van der Waals surface area contributed by atoms with E-state index in [2.05, 4.69) is 5.32 Å². The molecule has 3 rings (SSSR count). The van der Waals surface area contributed by atoms with Gasteiger partial charge in [0.25, 0.3) is 5.91 Å². The lowest BCUT2D eigenvalue weighted by Gasteiger charge is -2.07. The van der Waals surface area contributed by atoms with E-state index in [9.17, 15) is 4.79 Å². The van der Waals surface area contributed by atoms with Crippen molar-refractivity contribution in [1.82, 2.24) is 0 Å². The zero-order valence-corrected chi connectivity index (χ0v) is 15.2. The van der Waals surface area contributed by atoms with Crippen molar-refractivity contribution in [2.75, 3.05) is 12.4 Å². The van der Waals surface area contributed by atoms with Gasteiger partial charge in [-0.05, 0) is 61.0 Å². The molecule has 0 fully saturated rings. The van der Waals surface area contributed by atoms with Crippen LogP contribution in [0.25, 0.3) is 0 Å². The molecule has 0 bridgehead atoms. The second kappa shape index (κ2) is 7.97. The molecule has 6 heteroatoms. The lowest BCUT2D eigenvalue weighted by Crippen LogP contribution is -2.11. The number of ether oxygens (including phenoxy) is 2. The molecule has 0 aliphatic heterocycles. The molecule has 1 N–H and O–H groups in total. The van der Waals surface area contributed by atoms with Gasteiger partial charge in [0.15, 0.2) is 5.76 Å². The number of amides is 1. The molecule has 5 nitrogen and oxygen atoms in total. The van der Waals surface area contributed by atoms with Gasteiger partial charge in [-0.15, -0.1) is 0 Å². The van der Waals surface area contributed by atoms with Crippen LogP contribution in [0, 0.1) is 6.92 Å². The van der Waals surface area contributed by atoms with Crippen molar-refractivity contribution in [2.45, 2.75) is 13.5 Å². The number of hydrogen-bond acceptors (Lipinski definition) is 4. The minimum atomic E-state index is -0.342. The Bertz CT molecular complexity index is 902. The summed E-state index contributed by atoms with van der Waals surface area (Å²) >= 11 is 5.97. The van der Waals surface area contributed by atoms with E-state index >= 15 is 0 Å². The molecule has 1 aromatic heterocycles. The summed E-state index contributed by atoms with van der Waals surface area (Å²) < 4.78 is 16.3. The van der Waals surface area contributed by atoms with Crippen LogP contribution in [0.15, 0.2) is 59.0 Å². The Labute approximate surface area is 156 Å². The van der Waals surface area contributed by atoms with Crippen LogP contribution in [0.3, 0.4) is 0 Å². The molecule has 3 aromatic rings. The lowest BCUT2D eigenvalue weighted by atomic mass is 10.2. The minimum absolute atomic E-state index is 0.206. The molecule has 0 saturated carbocycles.